The number of aromatic amines is 1. The van der Waals surface area contributed by atoms with Gasteiger partial charge in [-0.2, -0.15) is 5.10 Å². The van der Waals surface area contributed by atoms with Crippen molar-refractivity contribution < 1.29 is 5.11 Å². The summed E-state index contributed by atoms with van der Waals surface area (Å²) in [5.74, 6) is 1.22. The molecule has 3 rings (SSSR count). The normalized spacial score (nSPS) is 17.7. The van der Waals surface area contributed by atoms with E-state index in [0.29, 0.717) is 5.82 Å². The predicted octanol–water partition coefficient (Wildman–Crippen LogP) is 2.15. The van der Waals surface area contributed by atoms with Crippen LogP contribution in [0.15, 0.2) is 30.6 Å². The second kappa shape index (κ2) is 4.30. The maximum atomic E-state index is 10.0. The number of hydrogen-bond acceptors (Lipinski definition) is 3. The van der Waals surface area contributed by atoms with Crippen LogP contribution in [-0.4, -0.2) is 20.3 Å². The molecule has 0 amide bonds. The average molecular weight is 229 g/mol. The van der Waals surface area contributed by atoms with Crippen LogP contribution in [0.1, 0.15) is 48.2 Å². The topological polar surface area (TPSA) is 61.8 Å². The number of rotatable bonds is 3. The lowest BCUT2D eigenvalue weighted by Gasteiger charge is -2.26. The van der Waals surface area contributed by atoms with Crippen molar-refractivity contribution in [2.45, 2.75) is 31.3 Å². The first kappa shape index (κ1) is 10.5. The van der Waals surface area contributed by atoms with Crippen molar-refractivity contribution in [2.24, 2.45) is 0 Å². The highest BCUT2D eigenvalue weighted by Gasteiger charge is 2.20. The lowest BCUT2D eigenvalue weighted by Crippen LogP contribution is -2.09. The molecule has 0 saturated heterocycles. The number of nitrogens with zero attached hydrogens (tertiary/aromatic N) is 2. The molecule has 1 aromatic heterocycles. The van der Waals surface area contributed by atoms with Gasteiger partial charge in [-0.1, -0.05) is 30.7 Å². The molecule has 4 heteroatoms. The summed E-state index contributed by atoms with van der Waals surface area (Å²) in [5.41, 5.74) is 2.23. The third-order valence-corrected chi connectivity index (χ3v) is 3.52. The molecule has 17 heavy (non-hydrogen) atoms. The van der Waals surface area contributed by atoms with Gasteiger partial charge in [-0.25, -0.2) is 4.98 Å². The number of aliphatic hydroxyl groups is 1. The fraction of sp³-hybridized carbons (Fsp3) is 0.385. The van der Waals surface area contributed by atoms with E-state index in [2.05, 4.69) is 27.3 Å². The Kier molecular flexibility index (Phi) is 2.65. The first-order valence-electron chi connectivity index (χ1n) is 5.98. The van der Waals surface area contributed by atoms with Crippen LogP contribution in [-0.2, 0) is 0 Å². The zero-order chi connectivity index (χ0) is 11.7. The number of benzene rings is 1. The predicted molar refractivity (Wildman–Crippen MR) is 63.5 cm³/mol. The smallest absolute Gasteiger partial charge is 0.157 e. The van der Waals surface area contributed by atoms with Crippen molar-refractivity contribution in [2.75, 3.05) is 0 Å². The van der Waals surface area contributed by atoms with Gasteiger partial charge in [0.25, 0.3) is 0 Å². The Morgan fingerprint density at radius 3 is 2.53 bits per heavy atom. The minimum Gasteiger partial charge on any atom is -0.380 e. The molecule has 0 radical (unpaired) electrons. The van der Waals surface area contributed by atoms with Gasteiger partial charge in [-0.3, -0.25) is 5.10 Å². The third-order valence-electron chi connectivity index (χ3n) is 3.52. The first-order chi connectivity index (χ1) is 8.34. The minimum atomic E-state index is -0.715. The first-order valence-corrected chi connectivity index (χ1v) is 5.98. The largest absolute Gasteiger partial charge is 0.380 e. The summed E-state index contributed by atoms with van der Waals surface area (Å²) < 4.78 is 0. The Bertz CT molecular complexity index is 474. The van der Waals surface area contributed by atoms with Gasteiger partial charge in [-0.15, -0.1) is 0 Å². The average Bonchev–Trinajstić information content (AvgIpc) is 2.80. The molecular weight excluding hydrogens is 214 g/mol. The van der Waals surface area contributed by atoms with E-state index in [4.69, 9.17) is 0 Å². The summed E-state index contributed by atoms with van der Waals surface area (Å²) >= 11 is 0. The highest BCUT2D eigenvalue weighted by atomic mass is 16.3. The summed E-state index contributed by atoms with van der Waals surface area (Å²) in [6.07, 6.45) is 4.62. The summed E-state index contributed by atoms with van der Waals surface area (Å²) in [5, 5.41) is 16.5. The Hall–Kier alpha value is -1.68. The molecule has 0 aliphatic heterocycles. The van der Waals surface area contributed by atoms with Crippen LogP contribution < -0.4 is 0 Å². The van der Waals surface area contributed by atoms with Gasteiger partial charge in [0.1, 0.15) is 12.4 Å². The van der Waals surface area contributed by atoms with Gasteiger partial charge in [-0.05, 0) is 29.9 Å². The molecule has 0 spiro atoms. The molecule has 1 aromatic carbocycles. The number of hydrogen-bond donors (Lipinski definition) is 2. The van der Waals surface area contributed by atoms with Crippen LogP contribution in [0, 0.1) is 0 Å². The maximum absolute atomic E-state index is 10.0. The molecule has 2 aromatic rings. The van der Waals surface area contributed by atoms with E-state index in [-0.39, 0.29) is 0 Å². The molecule has 1 saturated carbocycles. The van der Waals surface area contributed by atoms with Crippen molar-refractivity contribution >= 4 is 0 Å². The van der Waals surface area contributed by atoms with Crippen LogP contribution in [0.2, 0.25) is 0 Å². The van der Waals surface area contributed by atoms with Crippen molar-refractivity contribution in [3.63, 3.8) is 0 Å². The van der Waals surface area contributed by atoms with E-state index in [9.17, 15) is 5.11 Å². The third kappa shape index (κ3) is 1.96. The molecule has 1 aliphatic carbocycles. The van der Waals surface area contributed by atoms with E-state index in [1.807, 2.05) is 12.1 Å². The van der Waals surface area contributed by atoms with E-state index in [1.54, 1.807) is 0 Å². The Morgan fingerprint density at radius 2 is 2.00 bits per heavy atom. The molecular formula is C13H15N3O. The molecule has 2 N–H and O–H groups in total. The summed E-state index contributed by atoms with van der Waals surface area (Å²) in [6.45, 7) is 0. The SMILES string of the molecule is OC(c1ccc(C2CCC2)cc1)c1ncn[nH]1. The van der Waals surface area contributed by atoms with Gasteiger partial charge < -0.3 is 5.11 Å². The molecule has 4 nitrogen and oxygen atoms in total. The van der Waals surface area contributed by atoms with E-state index in [0.717, 1.165) is 11.5 Å². The van der Waals surface area contributed by atoms with Crippen LogP contribution in [0.5, 0.6) is 0 Å². The van der Waals surface area contributed by atoms with Gasteiger partial charge in [0.15, 0.2) is 5.82 Å². The molecule has 0 bridgehead atoms. The Morgan fingerprint density at radius 1 is 1.24 bits per heavy atom. The van der Waals surface area contributed by atoms with Crippen LogP contribution in [0.3, 0.4) is 0 Å². The molecule has 88 valence electrons. The molecule has 1 aliphatic rings. The van der Waals surface area contributed by atoms with Crippen LogP contribution >= 0.6 is 0 Å². The van der Waals surface area contributed by atoms with Gasteiger partial charge >= 0.3 is 0 Å². The minimum absolute atomic E-state index is 0.487. The molecule has 1 heterocycles. The lowest BCUT2D eigenvalue weighted by atomic mass is 9.80. The van der Waals surface area contributed by atoms with E-state index >= 15 is 0 Å². The summed E-state index contributed by atoms with van der Waals surface area (Å²) in [7, 11) is 0. The van der Waals surface area contributed by atoms with Gasteiger partial charge in [0.05, 0.1) is 0 Å². The van der Waals surface area contributed by atoms with E-state index < -0.39 is 6.10 Å². The summed E-state index contributed by atoms with van der Waals surface area (Å²) in [4.78, 5) is 3.96. The molecule has 1 atom stereocenters. The van der Waals surface area contributed by atoms with Crippen LogP contribution in [0.25, 0.3) is 0 Å². The highest BCUT2D eigenvalue weighted by molar-refractivity contribution is 5.29. The molecule has 1 unspecified atom stereocenters. The lowest BCUT2D eigenvalue weighted by molar-refractivity contribution is 0.210. The maximum Gasteiger partial charge on any atom is 0.157 e. The second-order valence-electron chi connectivity index (χ2n) is 4.57. The summed E-state index contributed by atoms with van der Waals surface area (Å²) in [6, 6.07) is 8.17. The van der Waals surface area contributed by atoms with Crippen LogP contribution in [0.4, 0.5) is 0 Å². The highest BCUT2D eigenvalue weighted by Crippen LogP contribution is 2.36. The number of aliphatic hydroxyl groups excluding tert-OH is 1. The van der Waals surface area contributed by atoms with Crippen molar-refractivity contribution in [1.82, 2.24) is 15.2 Å². The Balaban J connectivity index is 1.79. The van der Waals surface area contributed by atoms with Gasteiger partial charge in [0.2, 0.25) is 0 Å². The molecule has 1 fully saturated rings. The number of H-pyrrole nitrogens is 1. The monoisotopic (exact) mass is 229 g/mol. The second-order valence-corrected chi connectivity index (χ2v) is 4.57. The fourth-order valence-corrected chi connectivity index (χ4v) is 2.20. The standard InChI is InChI=1S/C13H15N3O/c17-12(13-14-8-15-16-13)11-6-4-10(5-7-11)9-2-1-3-9/h4-9,12,17H,1-3H2,(H,14,15,16). The Labute approximate surface area is 99.7 Å². The zero-order valence-corrected chi connectivity index (χ0v) is 9.50. The van der Waals surface area contributed by atoms with Crippen molar-refractivity contribution in [3.8, 4) is 0 Å². The number of aromatic nitrogens is 3. The van der Waals surface area contributed by atoms with E-state index in [1.165, 1.54) is 31.2 Å². The van der Waals surface area contributed by atoms with Crippen molar-refractivity contribution in [3.05, 3.63) is 47.5 Å². The number of nitrogens with one attached hydrogen (secondary N) is 1. The zero-order valence-electron chi connectivity index (χ0n) is 9.50. The fourth-order valence-electron chi connectivity index (χ4n) is 2.20. The quantitative estimate of drug-likeness (QED) is 0.847. The van der Waals surface area contributed by atoms with Gasteiger partial charge in [0, 0.05) is 0 Å². The van der Waals surface area contributed by atoms with Crippen molar-refractivity contribution in [1.29, 1.82) is 0 Å².